The highest BCUT2D eigenvalue weighted by atomic mass is 16.6. The summed E-state index contributed by atoms with van der Waals surface area (Å²) in [5.41, 5.74) is 3.83. The molecule has 0 spiro atoms. The summed E-state index contributed by atoms with van der Waals surface area (Å²) in [7, 11) is 0. The lowest BCUT2D eigenvalue weighted by atomic mass is 10.0. The van der Waals surface area contributed by atoms with E-state index >= 15 is 0 Å². The van der Waals surface area contributed by atoms with Crippen LogP contribution < -0.4 is 19.7 Å². The van der Waals surface area contributed by atoms with E-state index in [0.717, 1.165) is 29.7 Å². The van der Waals surface area contributed by atoms with E-state index in [2.05, 4.69) is 19.2 Å². The number of carbonyl (C=O) groups is 2. The van der Waals surface area contributed by atoms with Crippen LogP contribution in [0, 0.1) is 0 Å². The Balaban J connectivity index is 1.70. The average molecular weight is 396 g/mol. The third kappa shape index (κ3) is 4.88. The van der Waals surface area contributed by atoms with Crippen molar-refractivity contribution in [2.75, 3.05) is 30.0 Å². The maximum Gasteiger partial charge on any atom is 0.226 e. The lowest BCUT2D eigenvalue weighted by Gasteiger charge is -2.26. The van der Waals surface area contributed by atoms with Crippen LogP contribution in [-0.2, 0) is 22.4 Å². The number of rotatable bonds is 7. The summed E-state index contributed by atoms with van der Waals surface area (Å²) < 4.78 is 11.1. The highest BCUT2D eigenvalue weighted by Gasteiger charge is 2.19. The van der Waals surface area contributed by atoms with Gasteiger partial charge in [0, 0.05) is 37.3 Å². The standard InChI is InChI=1S/C23H28N2O4/c1-4-17-7-6-8-18(5-2)23(17)25(16(3)26)12-11-22(27)24-19-9-10-20-21(15-19)29-14-13-28-20/h6-10,15H,4-5,11-14H2,1-3H3,(H,24,27). The molecular weight excluding hydrogens is 368 g/mol. The van der Waals surface area contributed by atoms with Crippen molar-refractivity contribution < 1.29 is 19.1 Å². The number of para-hydroxylation sites is 1. The van der Waals surface area contributed by atoms with E-state index in [1.807, 2.05) is 18.2 Å². The Bertz CT molecular complexity index is 872. The average Bonchev–Trinajstić information content (AvgIpc) is 2.73. The van der Waals surface area contributed by atoms with Crippen molar-refractivity contribution in [2.24, 2.45) is 0 Å². The molecule has 0 aromatic heterocycles. The zero-order chi connectivity index (χ0) is 20.8. The number of fused-ring (bicyclic) bond motifs is 1. The highest BCUT2D eigenvalue weighted by molar-refractivity contribution is 5.96. The first kappa shape index (κ1) is 20.7. The summed E-state index contributed by atoms with van der Waals surface area (Å²) in [5.74, 6) is 1.09. The second kappa shape index (κ2) is 9.45. The van der Waals surface area contributed by atoms with Crippen LogP contribution in [0.1, 0.15) is 38.3 Å². The van der Waals surface area contributed by atoms with Crippen molar-refractivity contribution in [3.05, 3.63) is 47.5 Å². The van der Waals surface area contributed by atoms with Gasteiger partial charge in [0.05, 0.1) is 0 Å². The Kier molecular flexibility index (Phi) is 6.75. The van der Waals surface area contributed by atoms with Crippen molar-refractivity contribution in [1.29, 1.82) is 0 Å². The minimum absolute atomic E-state index is 0.0623. The quantitative estimate of drug-likeness (QED) is 0.769. The number of hydrogen-bond acceptors (Lipinski definition) is 4. The van der Waals surface area contributed by atoms with Crippen molar-refractivity contribution >= 4 is 23.2 Å². The Labute approximate surface area is 171 Å². The van der Waals surface area contributed by atoms with Crippen molar-refractivity contribution in [2.45, 2.75) is 40.0 Å². The number of anilines is 2. The Morgan fingerprint density at radius 1 is 1.00 bits per heavy atom. The fraction of sp³-hybridized carbons (Fsp3) is 0.391. The monoisotopic (exact) mass is 396 g/mol. The molecule has 1 N–H and O–H groups in total. The topological polar surface area (TPSA) is 67.9 Å². The number of hydrogen-bond donors (Lipinski definition) is 1. The second-order valence-electron chi connectivity index (χ2n) is 6.96. The molecular formula is C23H28N2O4. The minimum atomic E-state index is -0.153. The first-order chi connectivity index (χ1) is 14.0. The van der Waals surface area contributed by atoms with E-state index in [0.29, 0.717) is 36.9 Å². The summed E-state index contributed by atoms with van der Waals surface area (Å²) in [5, 5.41) is 2.88. The summed E-state index contributed by atoms with van der Waals surface area (Å²) in [6.45, 7) is 7.05. The van der Waals surface area contributed by atoms with Crippen LogP contribution in [0.4, 0.5) is 11.4 Å². The van der Waals surface area contributed by atoms with Crippen LogP contribution in [0.15, 0.2) is 36.4 Å². The summed E-state index contributed by atoms with van der Waals surface area (Å²) in [4.78, 5) is 26.6. The molecule has 0 radical (unpaired) electrons. The lowest BCUT2D eigenvalue weighted by Crippen LogP contribution is -2.33. The Morgan fingerprint density at radius 3 is 2.28 bits per heavy atom. The molecule has 0 bridgehead atoms. The van der Waals surface area contributed by atoms with Gasteiger partial charge in [0.2, 0.25) is 11.8 Å². The van der Waals surface area contributed by atoms with E-state index in [9.17, 15) is 9.59 Å². The number of ether oxygens (including phenoxy) is 2. The number of nitrogens with one attached hydrogen (secondary N) is 1. The van der Waals surface area contributed by atoms with Gasteiger partial charge >= 0.3 is 0 Å². The largest absolute Gasteiger partial charge is 0.486 e. The van der Waals surface area contributed by atoms with Gasteiger partial charge in [-0.25, -0.2) is 0 Å². The van der Waals surface area contributed by atoms with E-state index in [-0.39, 0.29) is 18.2 Å². The Morgan fingerprint density at radius 2 is 1.66 bits per heavy atom. The third-order valence-electron chi connectivity index (χ3n) is 5.00. The Hall–Kier alpha value is -3.02. The summed E-state index contributed by atoms with van der Waals surface area (Å²) in [6.07, 6.45) is 1.86. The number of aryl methyl sites for hydroxylation is 2. The van der Waals surface area contributed by atoms with Crippen LogP contribution in [0.5, 0.6) is 11.5 Å². The molecule has 1 aliphatic heterocycles. The first-order valence-electron chi connectivity index (χ1n) is 10.1. The van der Waals surface area contributed by atoms with Crippen molar-refractivity contribution in [3.63, 3.8) is 0 Å². The molecule has 0 fully saturated rings. The van der Waals surface area contributed by atoms with Gasteiger partial charge in [-0.1, -0.05) is 32.0 Å². The highest BCUT2D eigenvalue weighted by Crippen LogP contribution is 2.32. The van der Waals surface area contributed by atoms with Gasteiger partial charge in [-0.05, 0) is 36.1 Å². The molecule has 6 nitrogen and oxygen atoms in total. The summed E-state index contributed by atoms with van der Waals surface area (Å²) >= 11 is 0. The van der Waals surface area contributed by atoms with Gasteiger partial charge in [0.25, 0.3) is 0 Å². The van der Waals surface area contributed by atoms with Crippen molar-refractivity contribution in [3.8, 4) is 11.5 Å². The SMILES string of the molecule is CCc1cccc(CC)c1N(CCC(=O)Nc1ccc2c(c1)OCCO2)C(C)=O. The molecule has 2 aromatic carbocycles. The number of nitrogens with zero attached hydrogens (tertiary/aromatic N) is 1. The molecule has 6 heteroatoms. The maximum absolute atomic E-state index is 12.5. The molecule has 1 heterocycles. The fourth-order valence-electron chi connectivity index (χ4n) is 3.55. The molecule has 0 saturated carbocycles. The predicted octanol–water partition coefficient (Wildman–Crippen LogP) is 3.96. The molecule has 3 rings (SSSR count). The molecule has 154 valence electrons. The molecule has 0 atom stereocenters. The second-order valence-corrected chi connectivity index (χ2v) is 6.96. The smallest absolute Gasteiger partial charge is 0.226 e. The molecule has 0 saturated heterocycles. The van der Waals surface area contributed by atoms with Gasteiger partial charge in [0.15, 0.2) is 11.5 Å². The molecule has 2 aromatic rings. The number of carbonyl (C=O) groups excluding carboxylic acids is 2. The van der Waals surface area contributed by atoms with Crippen LogP contribution in [-0.4, -0.2) is 31.6 Å². The van der Waals surface area contributed by atoms with Gasteiger partial charge in [-0.15, -0.1) is 0 Å². The molecule has 29 heavy (non-hydrogen) atoms. The normalized spacial score (nSPS) is 12.4. The van der Waals surface area contributed by atoms with E-state index in [1.54, 1.807) is 30.0 Å². The number of benzene rings is 2. The number of amides is 2. The third-order valence-corrected chi connectivity index (χ3v) is 5.00. The predicted molar refractivity (Wildman–Crippen MR) is 114 cm³/mol. The van der Waals surface area contributed by atoms with Crippen LogP contribution in [0.25, 0.3) is 0 Å². The molecule has 2 amide bonds. The fourth-order valence-corrected chi connectivity index (χ4v) is 3.55. The molecule has 0 aliphatic carbocycles. The zero-order valence-electron chi connectivity index (χ0n) is 17.3. The van der Waals surface area contributed by atoms with E-state index < -0.39 is 0 Å². The van der Waals surface area contributed by atoms with Crippen LogP contribution in [0.3, 0.4) is 0 Å². The van der Waals surface area contributed by atoms with Crippen molar-refractivity contribution in [1.82, 2.24) is 0 Å². The van der Waals surface area contributed by atoms with E-state index in [1.165, 1.54) is 0 Å². The zero-order valence-corrected chi connectivity index (χ0v) is 17.3. The first-order valence-corrected chi connectivity index (χ1v) is 10.1. The van der Waals surface area contributed by atoms with Gasteiger partial charge in [0.1, 0.15) is 13.2 Å². The minimum Gasteiger partial charge on any atom is -0.486 e. The van der Waals surface area contributed by atoms with Gasteiger partial charge in [-0.3, -0.25) is 9.59 Å². The molecule has 0 unspecified atom stereocenters. The van der Waals surface area contributed by atoms with Crippen LogP contribution >= 0.6 is 0 Å². The van der Waals surface area contributed by atoms with Gasteiger partial charge < -0.3 is 19.7 Å². The summed E-state index contributed by atoms with van der Waals surface area (Å²) in [6, 6.07) is 11.4. The van der Waals surface area contributed by atoms with Gasteiger partial charge in [-0.2, -0.15) is 0 Å². The maximum atomic E-state index is 12.5. The molecule has 1 aliphatic rings. The van der Waals surface area contributed by atoms with Crippen LogP contribution in [0.2, 0.25) is 0 Å². The van der Waals surface area contributed by atoms with E-state index in [4.69, 9.17) is 9.47 Å². The lowest BCUT2D eigenvalue weighted by molar-refractivity contribution is -0.117.